The highest BCUT2D eigenvalue weighted by Crippen LogP contribution is 2.32. The van der Waals surface area contributed by atoms with Crippen molar-refractivity contribution in [1.82, 2.24) is 15.6 Å². The molecule has 4 rings (SSSR count). The molecule has 2 aromatic rings. The van der Waals surface area contributed by atoms with Crippen molar-refractivity contribution < 1.29 is 0 Å². The first-order valence-electron chi connectivity index (χ1n) is 8.71. The molecule has 116 valence electrons. The zero-order valence-corrected chi connectivity index (χ0v) is 13.1. The van der Waals surface area contributed by atoms with Crippen LogP contribution in [0.1, 0.15) is 37.7 Å². The van der Waals surface area contributed by atoms with E-state index in [9.17, 15) is 0 Å². The van der Waals surface area contributed by atoms with Gasteiger partial charge in [-0.05, 0) is 49.8 Å². The van der Waals surface area contributed by atoms with Crippen molar-refractivity contribution in [2.24, 2.45) is 5.92 Å². The highest BCUT2D eigenvalue weighted by molar-refractivity contribution is 5.81. The van der Waals surface area contributed by atoms with Gasteiger partial charge in [0.15, 0.2) is 0 Å². The number of fused-ring (bicyclic) bond motifs is 1. The molecule has 0 spiro atoms. The molecule has 3 heteroatoms. The van der Waals surface area contributed by atoms with Crippen molar-refractivity contribution >= 4 is 10.9 Å². The van der Waals surface area contributed by atoms with E-state index >= 15 is 0 Å². The van der Waals surface area contributed by atoms with Crippen LogP contribution in [-0.2, 0) is 6.54 Å². The average Bonchev–Trinajstić information content (AvgIpc) is 3.23. The second-order valence-corrected chi connectivity index (χ2v) is 6.78. The van der Waals surface area contributed by atoms with Gasteiger partial charge >= 0.3 is 0 Å². The molecule has 3 atom stereocenters. The van der Waals surface area contributed by atoms with Gasteiger partial charge in [0.1, 0.15) is 0 Å². The molecular formula is C19H25N3. The van der Waals surface area contributed by atoms with Gasteiger partial charge in [0.05, 0.1) is 5.52 Å². The molecule has 1 saturated carbocycles. The number of hydrogen-bond donors (Lipinski definition) is 2. The highest BCUT2D eigenvalue weighted by Gasteiger charge is 2.34. The molecule has 0 amide bonds. The van der Waals surface area contributed by atoms with E-state index in [-0.39, 0.29) is 0 Å². The molecule has 1 aliphatic heterocycles. The first-order valence-corrected chi connectivity index (χ1v) is 8.71. The lowest BCUT2D eigenvalue weighted by Gasteiger charge is -2.26. The maximum absolute atomic E-state index is 4.57. The standard InChI is InChI=1S/C19H25N3/c1-5-14-7-3-12-21-19(14)15(6-1)13-22-18-9-2-8-16(18)17-10-4-11-20-17/h1,3,5-7,12,16-18,20,22H,2,4,8-11,13H2. The van der Waals surface area contributed by atoms with Crippen LogP contribution in [0.2, 0.25) is 0 Å². The van der Waals surface area contributed by atoms with Gasteiger partial charge in [0, 0.05) is 30.2 Å². The predicted molar refractivity (Wildman–Crippen MR) is 90.7 cm³/mol. The molecule has 1 aliphatic carbocycles. The molecule has 0 radical (unpaired) electrons. The number of para-hydroxylation sites is 1. The third-order valence-corrected chi connectivity index (χ3v) is 5.46. The minimum atomic E-state index is 0.662. The molecule has 1 saturated heterocycles. The summed E-state index contributed by atoms with van der Waals surface area (Å²) >= 11 is 0. The predicted octanol–water partition coefficient (Wildman–Crippen LogP) is 3.25. The van der Waals surface area contributed by atoms with E-state index in [1.54, 1.807) is 0 Å². The lowest BCUT2D eigenvalue weighted by molar-refractivity contribution is 0.320. The van der Waals surface area contributed by atoms with E-state index in [2.05, 4.69) is 39.9 Å². The Morgan fingerprint density at radius 3 is 2.95 bits per heavy atom. The van der Waals surface area contributed by atoms with Gasteiger partial charge in [-0.3, -0.25) is 4.98 Å². The van der Waals surface area contributed by atoms with Gasteiger partial charge in [0.2, 0.25) is 0 Å². The number of pyridine rings is 1. The minimum absolute atomic E-state index is 0.662. The van der Waals surface area contributed by atoms with Gasteiger partial charge in [-0.1, -0.05) is 30.7 Å². The third-order valence-electron chi connectivity index (χ3n) is 5.46. The van der Waals surface area contributed by atoms with Crippen LogP contribution in [0.3, 0.4) is 0 Å². The number of benzene rings is 1. The van der Waals surface area contributed by atoms with E-state index in [1.165, 1.54) is 49.6 Å². The van der Waals surface area contributed by atoms with Gasteiger partial charge < -0.3 is 10.6 Å². The summed E-state index contributed by atoms with van der Waals surface area (Å²) in [6, 6.07) is 12.1. The average molecular weight is 295 g/mol. The minimum Gasteiger partial charge on any atom is -0.314 e. The van der Waals surface area contributed by atoms with Crippen LogP contribution >= 0.6 is 0 Å². The first kappa shape index (κ1) is 14.2. The molecule has 1 aromatic carbocycles. The summed E-state index contributed by atoms with van der Waals surface area (Å²) in [5.74, 6) is 0.811. The van der Waals surface area contributed by atoms with Crippen molar-refractivity contribution in [3.63, 3.8) is 0 Å². The second kappa shape index (κ2) is 6.35. The number of nitrogens with zero attached hydrogens (tertiary/aromatic N) is 1. The molecule has 2 N–H and O–H groups in total. The highest BCUT2D eigenvalue weighted by atomic mass is 15.0. The Hall–Kier alpha value is -1.45. The molecule has 2 fully saturated rings. The maximum atomic E-state index is 4.57. The van der Waals surface area contributed by atoms with Crippen LogP contribution in [0.4, 0.5) is 0 Å². The fraction of sp³-hybridized carbons (Fsp3) is 0.526. The van der Waals surface area contributed by atoms with E-state index in [4.69, 9.17) is 0 Å². The Balaban J connectivity index is 1.47. The van der Waals surface area contributed by atoms with E-state index < -0.39 is 0 Å². The Morgan fingerprint density at radius 2 is 2.05 bits per heavy atom. The third kappa shape index (κ3) is 2.75. The Morgan fingerprint density at radius 1 is 1.09 bits per heavy atom. The molecule has 1 aromatic heterocycles. The van der Waals surface area contributed by atoms with Crippen LogP contribution in [0.5, 0.6) is 0 Å². The van der Waals surface area contributed by atoms with Crippen molar-refractivity contribution in [2.45, 2.75) is 50.7 Å². The van der Waals surface area contributed by atoms with E-state index in [0.29, 0.717) is 6.04 Å². The largest absolute Gasteiger partial charge is 0.314 e. The Kier molecular flexibility index (Phi) is 4.09. The van der Waals surface area contributed by atoms with Gasteiger partial charge in [0.25, 0.3) is 0 Å². The summed E-state index contributed by atoms with van der Waals surface area (Å²) in [5.41, 5.74) is 2.47. The van der Waals surface area contributed by atoms with E-state index in [0.717, 1.165) is 24.0 Å². The van der Waals surface area contributed by atoms with Crippen molar-refractivity contribution in [1.29, 1.82) is 0 Å². The molecule has 3 nitrogen and oxygen atoms in total. The van der Waals surface area contributed by atoms with Crippen LogP contribution < -0.4 is 10.6 Å². The fourth-order valence-electron chi connectivity index (χ4n) is 4.35. The number of aromatic nitrogens is 1. The molecule has 2 aliphatic rings. The summed E-state index contributed by atoms with van der Waals surface area (Å²) in [6.07, 6.45) is 8.67. The summed E-state index contributed by atoms with van der Waals surface area (Å²) in [7, 11) is 0. The molecule has 22 heavy (non-hydrogen) atoms. The lowest BCUT2D eigenvalue weighted by Crippen LogP contribution is -2.41. The molecule has 3 unspecified atom stereocenters. The normalized spacial score (nSPS) is 28.5. The van der Waals surface area contributed by atoms with Crippen molar-refractivity contribution in [3.8, 4) is 0 Å². The smallest absolute Gasteiger partial charge is 0.0746 e. The lowest BCUT2D eigenvalue weighted by atomic mass is 9.93. The van der Waals surface area contributed by atoms with Crippen molar-refractivity contribution in [2.75, 3.05) is 6.54 Å². The fourth-order valence-corrected chi connectivity index (χ4v) is 4.35. The van der Waals surface area contributed by atoms with Gasteiger partial charge in [-0.2, -0.15) is 0 Å². The zero-order chi connectivity index (χ0) is 14.8. The Bertz CT molecular complexity index is 628. The Labute approximate surface area is 132 Å². The maximum Gasteiger partial charge on any atom is 0.0746 e. The van der Waals surface area contributed by atoms with Crippen LogP contribution in [-0.4, -0.2) is 23.6 Å². The molecule has 0 bridgehead atoms. The summed E-state index contributed by atoms with van der Waals surface area (Å²) in [5, 5.41) is 8.78. The summed E-state index contributed by atoms with van der Waals surface area (Å²) < 4.78 is 0. The van der Waals surface area contributed by atoms with Gasteiger partial charge in [-0.25, -0.2) is 0 Å². The van der Waals surface area contributed by atoms with Crippen LogP contribution in [0, 0.1) is 5.92 Å². The monoisotopic (exact) mass is 295 g/mol. The van der Waals surface area contributed by atoms with E-state index in [1.807, 2.05) is 12.3 Å². The van der Waals surface area contributed by atoms with Gasteiger partial charge in [-0.15, -0.1) is 0 Å². The number of nitrogens with one attached hydrogen (secondary N) is 2. The number of rotatable bonds is 4. The zero-order valence-electron chi connectivity index (χ0n) is 13.1. The van der Waals surface area contributed by atoms with Crippen molar-refractivity contribution in [3.05, 3.63) is 42.1 Å². The topological polar surface area (TPSA) is 37.0 Å². The first-order chi connectivity index (χ1) is 10.9. The molecular weight excluding hydrogens is 270 g/mol. The quantitative estimate of drug-likeness (QED) is 0.909. The molecule has 2 heterocycles. The van der Waals surface area contributed by atoms with Crippen LogP contribution in [0.15, 0.2) is 36.5 Å². The SMILES string of the molecule is c1cnc2c(CNC3CCCC3C3CCCN3)cccc2c1. The summed E-state index contributed by atoms with van der Waals surface area (Å²) in [4.78, 5) is 4.57. The number of hydrogen-bond acceptors (Lipinski definition) is 3. The second-order valence-electron chi connectivity index (χ2n) is 6.78. The summed E-state index contributed by atoms with van der Waals surface area (Å²) in [6.45, 7) is 2.14. The van der Waals surface area contributed by atoms with Crippen LogP contribution in [0.25, 0.3) is 10.9 Å².